The second kappa shape index (κ2) is 5.05. The van der Waals surface area contributed by atoms with E-state index >= 15 is 0 Å². The molecule has 0 spiro atoms. The highest BCUT2D eigenvalue weighted by Gasteiger charge is 2.21. The minimum Gasteiger partial charge on any atom is -0.461 e. The van der Waals surface area contributed by atoms with Crippen molar-refractivity contribution >= 4 is 11.6 Å². The highest BCUT2D eigenvalue weighted by Crippen LogP contribution is 2.27. The Bertz CT molecular complexity index is 803. The second-order valence-electron chi connectivity index (χ2n) is 4.76. The van der Waals surface area contributed by atoms with Crippen molar-refractivity contribution in [3.8, 4) is 11.3 Å². The summed E-state index contributed by atoms with van der Waals surface area (Å²) in [6.45, 7) is 5.84. The third-order valence-electron chi connectivity index (χ3n) is 3.20. The van der Waals surface area contributed by atoms with E-state index in [2.05, 4.69) is 9.97 Å². The molecule has 0 fully saturated rings. The van der Waals surface area contributed by atoms with Crippen molar-refractivity contribution in [1.29, 1.82) is 0 Å². The Hall–Kier alpha value is -2.63. The lowest BCUT2D eigenvalue weighted by atomic mass is 10.2. The first-order chi connectivity index (χ1) is 10.1. The van der Waals surface area contributed by atoms with E-state index in [0.717, 1.165) is 11.1 Å². The van der Waals surface area contributed by atoms with Crippen molar-refractivity contribution < 1.29 is 13.9 Å². The molecule has 0 saturated carbocycles. The average molecular weight is 285 g/mol. The first-order valence-electron chi connectivity index (χ1n) is 6.67. The summed E-state index contributed by atoms with van der Waals surface area (Å²) in [7, 11) is 0. The summed E-state index contributed by atoms with van der Waals surface area (Å²) in [4.78, 5) is 20.6. The maximum Gasteiger partial charge on any atom is 0.357 e. The van der Waals surface area contributed by atoms with Gasteiger partial charge in [-0.1, -0.05) is 0 Å². The number of ether oxygens (including phenoxy) is 1. The molecule has 0 aliphatic rings. The third-order valence-corrected chi connectivity index (χ3v) is 3.20. The SMILES string of the molecule is CCOC(=O)c1c(C)nc2c(-c3cnco3)cc(C)cn12. The van der Waals surface area contributed by atoms with Gasteiger partial charge >= 0.3 is 5.97 Å². The van der Waals surface area contributed by atoms with Gasteiger partial charge in [0.05, 0.1) is 24.1 Å². The van der Waals surface area contributed by atoms with E-state index in [0.29, 0.717) is 29.4 Å². The number of oxazole rings is 1. The fraction of sp³-hybridized carbons (Fsp3) is 0.267. The number of rotatable bonds is 3. The van der Waals surface area contributed by atoms with Crippen molar-refractivity contribution in [3.63, 3.8) is 0 Å². The summed E-state index contributed by atoms with van der Waals surface area (Å²) in [5, 5.41) is 0. The number of pyridine rings is 1. The minimum absolute atomic E-state index is 0.326. The topological polar surface area (TPSA) is 69.6 Å². The molecule has 3 heterocycles. The number of esters is 1. The Labute approximate surface area is 121 Å². The van der Waals surface area contributed by atoms with E-state index in [1.165, 1.54) is 6.39 Å². The number of aryl methyl sites for hydroxylation is 2. The summed E-state index contributed by atoms with van der Waals surface area (Å²) >= 11 is 0. The van der Waals surface area contributed by atoms with Crippen LogP contribution in [0.4, 0.5) is 0 Å². The van der Waals surface area contributed by atoms with E-state index in [-0.39, 0.29) is 5.97 Å². The molecule has 0 aromatic carbocycles. The van der Waals surface area contributed by atoms with E-state index < -0.39 is 0 Å². The predicted molar refractivity (Wildman–Crippen MR) is 76.1 cm³/mol. The number of hydrogen-bond donors (Lipinski definition) is 0. The van der Waals surface area contributed by atoms with E-state index in [4.69, 9.17) is 9.15 Å². The van der Waals surface area contributed by atoms with Crippen LogP contribution in [0.25, 0.3) is 17.0 Å². The Morgan fingerprint density at radius 2 is 2.24 bits per heavy atom. The Balaban J connectivity index is 2.29. The molecule has 21 heavy (non-hydrogen) atoms. The van der Waals surface area contributed by atoms with Crippen LogP contribution in [0.1, 0.15) is 28.7 Å². The van der Waals surface area contributed by atoms with Gasteiger partial charge in [0.15, 0.2) is 17.8 Å². The average Bonchev–Trinajstić information content (AvgIpc) is 3.05. The highest BCUT2D eigenvalue weighted by atomic mass is 16.5. The molecule has 108 valence electrons. The van der Waals surface area contributed by atoms with Crippen LogP contribution in [0, 0.1) is 13.8 Å². The molecule has 0 unspecified atom stereocenters. The van der Waals surface area contributed by atoms with Crippen molar-refractivity contribution in [3.05, 3.63) is 41.8 Å². The van der Waals surface area contributed by atoms with E-state index in [1.807, 2.05) is 19.2 Å². The van der Waals surface area contributed by atoms with Gasteiger partial charge in [0.25, 0.3) is 0 Å². The molecule has 0 saturated heterocycles. The predicted octanol–water partition coefficient (Wildman–Crippen LogP) is 2.78. The summed E-state index contributed by atoms with van der Waals surface area (Å²) in [5.74, 6) is 0.237. The number of nitrogens with zero attached hydrogens (tertiary/aromatic N) is 3. The number of carbonyl (C=O) groups excluding carboxylic acids is 1. The molecule has 6 nitrogen and oxygen atoms in total. The molecular formula is C15H15N3O3. The van der Waals surface area contributed by atoms with Crippen LogP contribution >= 0.6 is 0 Å². The van der Waals surface area contributed by atoms with Crippen LogP contribution < -0.4 is 0 Å². The molecule has 0 N–H and O–H groups in total. The highest BCUT2D eigenvalue weighted by molar-refractivity contribution is 5.91. The zero-order chi connectivity index (χ0) is 15.0. The third kappa shape index (κ3) is 2.18. The largest absolute Gasteiger partial charge is 0.461 e. The monoisotopic (exact) mass is 285 g/mol. The van der Waals surface area contributed by atoms with Gasteiger partial charge in [0.1, 0.15) is 5.65 Å². The first-order valence-corrected chi connectivity index (χ1v) is 6.67. The van der Waals surface area contributed by atoms with Crippen molar-refractivity contribution in [2.45, 2.75) is 20.8 Å². The quantitative estimate of drug-likeness (QED) is 0.692. The molecular weight excluding hydrogens is 270 g/mol. The minimum atomic E-state index is -0.378. The molecule has 0 bridgehead atoms. The molecule has 6 heteroatoms. The van der Waals surface area contributed by atoms with Crippen LogP contribution in [0.3, 0.4) is 0 Å². The molecule has 0 atom stereocenters. The Kier molecular flexibility index (Phi) is 3.21. The second-order valence-corrected chi connectivity index (χ2v) is 4.76. The standard InChI is InChI=1S/C15H15N3O3/c1-4-20-15(19)13-10(3)17-14-11(12-6-16-8-21-12)5-9(2)7-18(13)14/h5-8H,4H2,1-3H3. The van der Waals surface area contributed by atoms with Crippen molar-refractivity contribution in [2.24, 2.45) is 0 Å². The molecule has 0 aliphatic heterocycles. The summed E-state index contributed by atoms with van der Waals surface area (Å²) < 4.78 is 12.2. The summed E-state index contributed by atoms with van der Waals surface area (Å²) in [6.07, 6.45) is 4.86. The smallest absolute Gasteiger partial charge is 0.357 e. The van der Waals surface area contributed by atoms with Gasteiger partial charge in [0.2, 0.25) is 0 Å². The number of hydrogen-bond acceptors (Lipinski definition) is 5. The van der Waals surface area contributed by atoms with Gasteiger partial charge in [-0.2, -0.15) is 0 Å². The molecule has 3 rings (SSSR count). The van der Waals surface area contributed by atoms with Crippen molar-refractivity contribution in [1.82, 2.24) is 14.4 Å². The van der Waals surface area contributed by atoms with Gasteiger partial charge in [-0.15, -0.1) is 0 Å². The fourth-order valence-corrected chi connectivity index (χ4v) is 2.37. The number of aromatic nitrogens is 3. The number of carbonyl (C=O) groups is 1. The van der Waals surface area contributed by atoms with Gasteiger partial charge in [0, 0.05) is 6.20 Å². The molecule has 0 aliphatic carbocycles. The first kappa shape index (κ1) is 13.4. The Morgan fingerprint density at radius 3 is 2.90 bits per heavy atom. The number of imidazole rings is 1. The lowest BCUT2D eigenvalue weighted by Crippen LogP contribution is -2.09. The van der Waals surface area contributed by atoms with Crippen LogP contribution in [-0.4, -0.2) is 26.9 Å². The molecule has 0 amide bonds. The Morgan fingerprint density at radius 1 is 1.43 bits per heavy atom. The van der Waals surface area contributed by atoms with Gasteiger partial charge in [-0.3, -0.25) is 4.40 Å². The van der Waals surface area contributed by atoms with Crippen LogP contribution in [0.2, 0.25) is 0 Å². The zero-order valence-electron chi connectivity index (χ0n) is 12.1. The van der Waals surface area contributed by atoms with Gasteiger partial charge in [-0.25, -0.2) is 14.8 Å². The van der Waals surface area contributed by atoms with Crippen LogP contribution in [0.5, 0.6) is 0 Å². The fourth-order valence-electron chi connectivity index (χ4n) is 2.37. The van der Waals surface area contributed by atoms with Gasteiger partial charge in [-0.05, 0) is 32.4 Å². The van der Waals surface area contributed by atoms with E-state index in [9.17, 15) is 4.79 Å². The number of fused-ring (bicyclic) bond motifs is 1. The molecule has 3 aromatic rings. The van der Waals surface area contributed by atoms with E-state index in [1.54, 1.807) is 24.4 Å². The maximum atomic E-state index is 12.1. The summed E-state index contributed by atoms with van der Waals surface area (Å²) in [5.41, 5.74) is 3.50. The van der Waals surface area contributed by atoms with Crippen LogP contribution in [0.15, 0.2) is 29.3 Å². The lowest BCUT2D eigenvalue weighted by molar-refractivity contribution is 0.0517. The van der Waals surface area contributed by atoms with Crippen LogP contribution in [-0.2, 0) is 4.74 Å². The van der Waals surface area contributed by atoms with Gasteiger partial charge < -0.3 is 9.15 Å². The molecule has 3 aromatic heterocycles. The summed E-state index contributed by atoms with van der Waals surface area (Å²) in [6, 6.07) is 1.96. The van der Waals surface area contributed by atoms with Crippen molar-refractivity contribution in [2.75, 3.05) is 6.61 Å². The molecule has 0 radical (unpaired) electrons. The zero-order valence-corrected chi connectivity index (χ0v) is 12.1. The maximum absolute atomic E-state index is 12.1. The normalized spacial score (nSPS) is 11.0. The lowest BCUT2D eigenvalue weighted by Gasteiger charge is -2.06.